The van der Waals surface area contributed by atoms with E-state index in [2.05, 4.69) is 10.1 Å². The fraction of sp³-hybridized carbons (Fsp3) is 0.263. The SMILES string of the molecule is COC(=O)COc1ccc(NC(=O)c2ccc(OC)cc2OC)c(C)c1. The zero-order valence-electron chi connectivity index (χ0n) is 15.1. The van der Waals surface area contributed by atoms with Gasteiger partial charge >= 0.3 is 5.97 Å². The van der Waals surface area contributed by atoms with Crippen molar-refractivity contribution in [3.63, 3.8) is 0 Å². The molecule has 0 fully saturated rings. The molecule has 0 spiro atoms. The largest absolute Gasteiger partial charge is 0.497 e. The van der Waals surface area contributed by atoms with Gasteiger partial charge in [0.25, 0.3) is 5.91 Å². The Kier molecular flexibility index (Phi) is 6.43. The van der Waals surface area contributed by atoms with E-state index in [-0.39, 0.29) is 12.5 Å². The highest BCUT2D eigenvalue weighted by Gasteiger charge is 2.15. The molecule has 0 heterocycles. The third-order valence-electron chi connectivity index (χ3n) is 3.68. The number of hydrogen-bond acceptors (Lipinski definition) is 6. The minimum atomic E-state index is -0.466. The van der Waals surface area contributed by atoms with Gasteiger partial charge < -0.3 is 24.3 Å². The van der Waals surface area contributed by atoms with E-state index in [9.17, 15) is 9.59 Å². The minimum absolute atomic E-state index is 0.176. The van der Waals surface area contributed by atoms with Gasteiger partial charge in [-0.05, 0) is 42.8 Å². The lowest BCUT2D eigenvalue weighted by molar-refractivity contribution is -0.142. The van der Waals surface area contributed by atoms with Crippen molar-refractivity contribution in [1.82, 2.24) is 0 Å². The molecule has 0 unspecified atom stereocenters. The van der Waals surface area contributed by atoms with Crippen molar-refractivity contribution in [2.75, 3.05) is 33.3 Å². The van der Waals surface area contributed by atoms with Crippen LogP contribution < -0.4 is 19.5 Å². The Morgan fingerprint density at radius 2 is 1.69 bits per heavy atom. The first-order valence-corrected chi connectivity index (χ1v) is 7.82. The molecule has 0 saturated heterocycles. The van der Waals surface area contributed by atoms with Crippen LogP contribution in [-0.2, 0) is 9.53 Å². The standard InChI is InChI=1S/C19H21NO6/c1-12-9-14(26-11-18(21)25-4)6-8-16(12)20-19(22)15-7-5-13(23-2)10-17(15)24-3/h5-10H,11H2,1-4H3,(H,20,22). The number of carbonyl (C=O) groups excluding carboxylic acids is 2. The van der Waals surface area contributed by atoms with Gasteiger partial charge in [-0.15, -0.1) is 0 Å². The molecular formula is C19H21NO6. The maximum atomic E-state index is 12.6. The Hall–Kier alpha value is -3.22. The van der Waals surface area contributed by atoms with E-state index in [0.717, 1.165) is 5.56 Å². The molecule has 0 bridgehead atoms. The Bertz CT molecular complexity index is 803. The number of ether oxygens (including phenoxy) is 4. The van der Waals surface area contributed by atoms with Crippen LogP contribution in [0.25, 0.3) is 0 Å². The van der Waals surface area contributed by atoms with Gasteiger partial charge in [-0.25, -0.2) is 4.79 Å². The van der Waals surface area contributed by atoms with Gasteiger partial charge in [0.1, 0.15) is 17.2 Å². The van der Waals surface area contributed by atoms with Crippen molar-refractivity contribution in [2.45, 2.75) is 6.92 Å². The van der Waals surface area contributed by atoms with Crippen molar-refractivity contribution >= 4 is 17.6 Å². The first kappa shape index (κ1) is 19.1. The number of amides is 1. The Morgan fingerprint density at radius 3 is 2.31 bits per heavy atom. The first-order valence-electron chi connectivity index (χ1n) is 7.82. The van der Waals surface area contributed by atoms with Crippen LogP contribution in [0.5, 0.6) is 17.2 Å². The van der Waals surface area contributed by atoms with Crippen molar-refractivity contribution in [3.8, 4) is 17.2 Å². The summed E-state index contributed by atoms with van der Waals surface area (Å²) in [5.41, 5.74) is 1.80. The van der Waals surface area contributed by atoms with Crippen LogP contribution in [0.1, 0.15) is 15.9 Å². The molecule has 2 rings (SSSR count). The Balaban J connectivity index is 2.13. The number of hydrogen-bond donors (Lipinski definition) is 1. The monoisotopic (exact) mass is 359 g/mol. The van der Waals surface area contributed by atoms with E-state index in [1.165, 1.54) is 14.2 Å². The number of carbonyl (C=O) groups is 2. The molecule has 7 nitrogen and oxygen atoms in total. The third-order valence-corrected chi connectivity index (χ3v) is 3.68. The molecule has 0 aliphatic rings. The molecule has 138 valence electrons. The second-order valence-corrected chi connectivity index (χ2v) is 5.36. The summed E-state index contributed by atoms with van der Waals surface area (Å²) in [5, 5.41) is 2.84. The van der Waals surface area contributed by atoms with Gasteiger partial charge in [-0.3, -0.25) is 4.79 Å². The second kappa shape index (κ2) is 8.75. The summed E-state index contributed by atoms with van der Waals surface area (Å²) in [7, 11) is 4.33. The molecule has 7 heteroatoms. The molecule has 2 aromatic rings. The van der Waals surface area contributed by atoms with Crippen molar-refractivity contribution in [3.05, 3.63) is 47.5 Å². The van der Waals surface area contributed by atoms with E-state index in [4.69, 9.17) is 14.2 Å². The fourth-order valence-corrected chi connectivity index (χ4v) is 2.24. The summed E-state index contributed by atoms with van der Waals surface area (Å²) in [4.78, 5) is 23.7. The lowest BCUT2D eigenvalue weighted by atomic mass is 10.1. The number of nitrogens with one attached hydrogen (secondary N) is 1. The van der Waals surface area contributed by atoms with Gasteiger partial charge in [0.15, 0.2) is 6.61 Å². The normalized spacial score (nSPS) is 10.0. The molecule has 26 heavy (non-hydrogen) atoms. The highest BCUT2D eigenvalue weighted by atomic mass is 16.6. The predicted octanol–water partition coefficient (Wildman–Crippen LogP) is 2.82. The van der Waals surface area contributed by atoms with Gasteiger partial charge in [0, 0.05) is 11.8 Å². The van der Waals surface area contributed by atoms with Crippen LogP contribution in [0.3, 0.4) is 0 Å². The number of aryl methyl sites for hydroxylation is 1. The van der Waals surface area contributed by atoms with E-state index < -0.39 is 5.97 Å². The van der Waals surface area contributed by atoms with E-state index in [1.807, 2.05) is 6.92 Å². The summed E-state index contributed by atoms with van der Waals surface area (Å²) in [6, 6.07) is 10.1. The summed E-state index contributed by atoms with van der Waals surface area (Å²) in [6.07, 6.45) is 0. The summed E-state index contributed by atoms with van der Waals surface area (Å²) in [5.74, 6) is 0.745. The second-order valence-electron chi connectivity index (χ2n) is 5.36. The lowest BCUT2D eigenvalue weighted by Gasteiger charge is -2.13. The van der Waals surface area contributed by atoms with Crippen LogP contribution >= 0.6 is 0 Å². The molecule has 0 radical (unpaired) electrons. The van der Waals surface area contributed by atoms with E-state index in [1.54, 1.807) is 43.5 Å². The summed E-state index contributed by atoms with van der Waals surface area (Å²) >= 11 is 0. The van der Waals surface area contributed by atoms with E-state index >= 15 is 0 Å². The molecule has 0 atom stereocenters. The Morgan fingerprint density at radius 1 is 0.962 bits per heavy atom. The predicted molar refractivity (Wildman–Crippen MR) is 96.2 cm³/mol. The van der Waals surface area contributed by atoms with Crippen LogP contribution in [0.15, 0.2) is 36.4 Å². The van der Waals surface area contributed by atoms with Crippen LogP contribution in [0.2, 0.25) is 0 Å². The van der Waals surface area contributed by atoms with Gasteiger partial charge in [-0.2, -0.15) is 0 Å². The number of methoxy groups -OCH3 is 3. The zero-order valence-corrected chi connectivity index (χ0v) is 15.1. The summed E-state index contributed by atoms with van der Waals surface area (Å²) < 4.78 is 20.2. The minimum Gasteiger partial charge on any atom is -0.497 e. The van der Waals surface area contributed by atoms with Gasteiger partial charge in [0.2, 0.25) is 0 Å². The van der Waals surface area contributed by atoms with Crippen LogP contribution in [0.4, 0.5) is 5.69 Å². The number of rotatable bonds is 7. The maximum absolute atomic E-state index is 12.6. The average molecular weight is 359 g/mol. The first-order chi connectivity index (χ1) is 12.5. The van der Waals surface area contributed by atoms with Gasteiger partial charge in [-0.1, -0.05) is 0 Å². The van der Waals surface area contributed by atoms with Crippen molar-refractivity contribution in [1.29, 1.82) is 0 Å². The summed E-state index contributed by atoms with van der Waals surface area (Å²) in [6.45, 7) is 1.65. The van der Waals surface area contributed by atoms with Crippen LogP contribution in [-0.4, -0.2) is 39.8 Å². The van der Waals surface area contributed by atoms with Crippen molar-refractivity contribution in [2.24, 2.45) is 0 Å². The zero-order chi connectivity index (χ0) is 19.1. The fourth-order valence-electron chi connectivity index (χ4n) is 2.24. The molecular weight excluding hydrogens is 338 g/mol. The van der Waals surface area contributed by atoms with Crippen LogP contribution in [0, 0.1) is 6.92 Å². The lowest BCUT2D eigenvalue weighted by Crippen LogP contribution is -2.15. The number of benzene rings is 2. The van der Waals surface area contributed by atoms with Gasteiger partial charge in [0.05, 0.1) is 26.9 Å². The van der Waals surface area contributed by atoms with E-state index in [0.29, 0.717) is 28.5 Å². The van der Waals surface area contributed by atoms with Crippen molar-refractivity contribution < 1.29 is 28.5 Å². The number of esters is 1. The topological polar surface area (TPSA) is 83.1 Å². The third kappa shape index (κ3) is 4.66. The number of anilines is 1. The quantitative estimate of drug-likeness (QED) is 0.766. The Labute approximate surface area is 151 Å². The molecule has 2 aromatic carbocycles. The molecule has 0 saturated carbocycles. The molecule has 1 N–H and O–H groups in total. The molecule has 1 amide bonds. The molecule has 0 aliphatic carbocycles. The molecule has 0 aliphatic heterocycles. The maximum Gasteiger partial charge on any atom is 0.343 e. The molecule has 0 aromatic heterocycles. The average Bonchev–Trinajstić information content (AvgIpc) is 2.67. The highest BCUT2D eigenvalue weighted by molar-refractivity contribution is 6.06. The highest BCUT2D eigenvalue weighted by Crippen LogP contribution is 2.27. The smallest absolute Gasteiger partial charge is 0.343 e.